The Morgan fingerprint density at radius 2 is 0.811 bits per heavy atom. The minimum Gasteiger partial charge on any atom is -0.329 e. The molecule has 0 saturated carbocycles. The summed E-state index contributed by atoms with van der Waals surface area (Å²) in [5.41, 5.74) is 18.6. The topological polar surface area (TPSA) is 83.3 Å². The Hall–Kier alpha value is -8.95. The van der Waals surface area contributed by atoms with Crippen LogP contribution in [-0.4, -0.2) is 29.6 Å². The first-order valence-corrected chi connectivity index (χ1v) is 24.0. The molecule has 0 amide bonds. The van der Waals surface area contributed by atoms with Crippen LogP contribution < -0.4 is 14.2 Å². The van der Waals surface area contributed by atoms with Crippen LogP contribution >= 0.6 is 0 Å². The fraction of sp³-hybridized carbons (Fsp3) is 0.0625. The predicted octanol–water partition coefficient (Wildman–Crippen LogP) is 12.5. The summed E-state index contributed by atoms with van der Waals surface area (Å²) in [7, 11) is 0. The normalized spacial score (nSPS) is 10.6. The first-order valence-electron chi connectivity index (χ1n) is 24.0. The molecule has 10 heteroatoms. The number of nitrogens with zero attached hydrogens (tertiary/aromatic N) is 9. The van der Waals surface area contributed by atoms with Crippen molar-refractivity contribution < 1.29 is 29.2 Å². The Morgan fingerprint density at radius 1 is 0.419 bits per heavy atom. The van der Waals surface area contributed by atoms with Gasteiger partial charge in [-0.3, -0.25) is 24.4 Å². The molecule has 12 rings (SSSR count). The third-order valence-corrected chi connectivity index (χ3v) is 12.1. The molecule has 0 fully saturated rings. The Kier molecular flexibility index (Phi) is 15.9. The Labute approximate surface area is 446 Å². The molecule has 4 aromatic heterocycles. The number of tetrazole rings is 1. The van der Waals surface area contributed by atoms with Gasteiger partial charge in [0.05, 0.1) is 45.7 Å². The molecule has 0 unspecified atom stereocenters. The van der Waals surface area contributed by atoms with Crippen LogP contribution in [0.25, 0.3) is 79.3 Å². The van der Waals surface area contributed by atoms with E-state index in [0.717, 1.165) is 67.8 Å². The van der Waals surface area contributed by atoms with Crippen LogP contribution in [0.4, 0.5) is 0 Å². The van der Waals surface area contributed by atoms with E-state index in [4.69, 9.17) is 0 Å². The zero-order valence-corrected chi connectivity index (χ0v) is 43.7. The van der Waals surface area contributed by atoms with Gasteiger partial charge < -0.3 is 14.2 Å². The smallest absolute Gasteiger partial charge is 0.268 e. The summed E-state index contributed by atoms with van der Waals surface area (Å²) in [6.07, 6.45) is 8.91. The molecular formula is C64H50IrN9-3. The average Bonchev–Trinajstić information content (AvgIpc) is 4.24. The van der Waals surface area contributed by atoms with E-state index in [-0.39, 0.29) is 20.1 Å². The second-order valence-electron chi connectivity index (χ2n) is 17.5. The van der Waals surface area contributed by atoms with Crippen LogP contribution in [0.5, 0.6) is 0 Å². The Morgan fingerprint density at radius 3 is 1.16 bits per heavy atom. The first-order chi connectivity index (χ1) is 35.9. The van der Waals surface area contributed by atoms with E-state index in [1.165, 1.54) is 22.3 Å². The molecule has 0 saturated heterocycles. The van der Waals surface area contributed by atoms with Crippen molar-refractivity contribution in [3.8, 4) is 79.3 Å². The van der Waals surface area contributed by atoms with Gasteiger partial charge in [-0.15, -0.1) is 0 Å². The van der Waals surface area contributed by atoms with Gasteiger partial charge in [0, 0.05) is 26.3 Å². The summed E-state index contributed by atoms with van der Waals surface area (Å²) in [4.78, 5) is 4.02. The number of benzene rings is 8. The van der Waals surface area contributed by atoms with Crippen LogP contribution in [0.1, 0.15) is 22.3 Å². The molecule has 0 aliphatic rings. The molecule has 0 bridgehead atoms. The van der Waals surface area contributed by atoms with Crippen molar-refractivity contribution in [2.75, 3.05) is 0 Å². The Balaban J connectivity index is 0.000000149. The second kappa shape index (κ2) is 23.5. The third kappa shape index (κ3) is 11.4. The van der Waals surface area contributed by atoms with Gasteiger partial charge in [-0.2, -0.15) is 64.9 Å². The van der Waals surface area contributed by atoms with Crippen LogP contribution in [0.15, 0.2) is 231 Å². The van der Waals surface area contributed by atoms with Gasteiger partial charge in [0.15, 0.2) is 0 Å². The van der Waals surface area contributed by atoms with E-state index in [9.17, 15) is 0 Å². The predicted molar refractivity (Wildman–Crippen MR) is 287 cm³/mol. The zero-order chi connectivity index (χ0) is 49.9. The van der Waals surface area contributed by atoms with Gasteiger partial charge in [-0.05, 0) is 83.9 Å². The Bertz CT molecular complexity index is 3220. The van der Waals surface area contributed by atoms with Gasteiger partial charge in [-0.1, -0.05) is 177 Å². The number of pyridine rings is 1. The van der Waals surface area contributed by atoms with E-state index < -0.39 is 0 Å². The fourth-order valence-corrected chi connectivity index (χ4v) is 8.39. The van der Waals surface area contributed by atoms with E-state index in [1.54, 1.807) is 12.3 Å². The standard InChI is InChI=1S/2C29H23N2.C6H4N5.Ir/c2*1-22-13-17-26(18-14-22)30-21-31(27-19-15-23(2)16-20-27)29(25-11-7-4-8-12-25)28(30)24-9-5-3-6-10-24;1-2-4-7-5(3-1)6-8-10-11-9-6;/h2*3-19H,1-2H3;1-4H;/q3*-1;. The molecule has 74 heavy (non-hydrogen) atoms. The van der Waals surface area contributed by atoms with Gasteiger partial charge >= 0.3 is 0 Å². The van der Waals surface area contributed by atoms with Crippen molar-refractivity contribution in [2.24, 2.45) is 0 Å². The average molecular weight is 1140 g/mol. The molecule has 4 heterocycles. The van der Waals surface area contributed by atoms with Gasteiger partial charge in [0.25, 0.3) is 12.7 Å². The second-order valence-corrected chi connectivity index (χ2v) is 17.5. The van der Waals surface area contributed by atoms with Crippen molar-refractivity contribution in [3.63, 3.8) is 0 Å². The number of imidazole rings is 2. The van der Waals surface area contributed by atoms with Crippen molar-refractivity contribution in [2.45, 2.75) is 27.7 Å². The van der Waals surface area contributed by atoms with E-state index in [1.807, 2.05) is 24.3 Å². The minimum absolute atomic E-state index is 0. The molecule has 9 nitrogen and oxygen atoms in total. The molecule has 0 spiro atoms. The monoisotopic (exact) mass is 1140 g/mol. The molecule has 0 N–H and O–H groups in total. The maximum Gasteiger partial charge on any atom is 0.268 e. The maximum absolute atomic E-state index is 4.02. The summed E-state index contributed by atoms with van der Waals surface area (Å²) in [6.45, 7) is 8.38. The van der Waals surface area contributed by atoms with E-state index in [0.29, 0.717) is 11.5 Å². The van der Waals surface area contributed by atoms with Crippen LogP contribution in [0.2, 0.25) is 0 Å². The van der Waals surface area contributed by atoms with E-state index >= 15 is 0 Å². The van der Waals surface area contributed by atoms with Gasteiger partial charge in [-0.25, -0.2) is 0 Å². The summed E-state index contributed by atoms with van der Waals surface area (Å²) in [5, 5.41) is 14.0. The number of hydrogen-bond acceptors (Lipinski definition) is 4. The zero-order valence-electron chi connectivity index (χ0n) is 41.3. The molecule has 0 aliphatic carbocycles. The SMILES string of the molecule is Cc1c[c-]c(-n2[c-][n+](-c3ccc(C)cc3)c(-c3ccccc3)c2-c2ccccc2)cc1.Cc1c[c-]c(-n2[c-][n+](-c3ccc(C)cc3)c(-c3ccccc3)c2-c2ccccc2)cc1.[Ir].c1ccc(-c2nnn[n-]2)nc1. The minimum atomic E-state index is 0. The van der Waals surface area contributed by atoms with Crippen LogP contribution in [0.3, 0.4) is 0 Å². The molecule has 12 aromatic rings. The largest absolute Gasteiger partial charge is 0.329 e. The molecule has 1 radical (unpaired) electrons. The summed E-state index contributed by atoms with van der Waals surface area (Å²) >= 11 is 0. The summed E-state index contributed by atoms with van der Waals surface area (Å²) < 4.78 is 8.56. The number of aryl methyl sites for hydroxylation is 4. The molecular weight excluding hydrogens is 1090 g/mol. The molecule has 0 atom stereocenters. The number of hydrogen-bond donors (Lipinski definition) is 0. The number of rotatable bonds is 9. The first kappa shape index (κ1) is 50.0. The van der Waals surface area contributed by atoms with Crippen molar-refractivity contribution in [3.05, 3.63) is 278 Å². The van der Waals surface area contributed by atoms with Crippen molar-refractivity contribution in [1.82, 2.24) is 34.7 Å². The molecule has 8 aromatic carbocycles. The third-order valence-electron chi connectivity index (χ3n) is 12.1. The summed E-state index contributed by atoms with van der Waals surface area (Å²) in [6, 6.07) is 84.1. The van der Waals surface area contributed by atoms with E-state index in [2.05, 4.69) is 290 Å². The summed E-state index contributed by atoms with van der Waals surface area (Å²) in [5.74, 6) is 0.464. The maximum atomic E-state index is 4.02. The van der Waals surface area contributed by atoms with Crippen LogP contribution in [0, 0.1) is 52.5 Å². The van der Waals surface area contributed by atoms with Crippen molar-refractivity contribution >= 4 is 0 Å². The molecule has 363 valence electrons. The van der Waals surface area contributed by atoms with Crippen LogP contribution in [-0.2, 0) is 20.1 Å². The number of aromatic nitrogens is 9. The molecule has 0 aliphatic heterocycles. The van der Waals surface area contributed by atoms with Gasteiger partial charge in [0.1, 0.15) is 0 Å². The fourth-order valence-electron chi connectivity index (χ4n) is 8.39. The quantitative estimate of drug-likeness (QED) is 0.106. The van der Waals surface area contributed by atoms with Crippen molar-refractivity contribution in [1.29, 1.82) is 0 Å². The van der Waals surface area contributed by atoms with Gasteiger partial charge in [0.2, 0.25) is 0 Å².